The van der Waals surface area contributed by atoms with Crippen molar-refractivity contribution in [2.75, 3.05) is 11.9 Å². The SMILES string of the molecule is Cc1nc(NC(=O)C2CCCN2)sc1Cc1cccc(Br)c1. The molecule has 4 nitrogen and oxygen atoms in total. The smallest absolute Gasteiger partial charge is 0.243 e. The molecule has 2 N–H and O–H groups in total. The Morgan fingerprint density at radius 1 is 1.55 bits per heavy atom. The minimum absolute atomic E-state index is 0.0280. The highest BCUT2D eigenvalue weighted by Crippen LogP contribution is 2.26. The van der Waals surface area contributed by atoms with Gasteiger partial charge in [-0.1, -0.05) is 28.1 Å². The molecule has 1 aliphatic heterocycles. The number of nitrogens with one attached hydrogen (secondary N) is 2. The van der Waals surface area contributed by atoms with E-state index in [-0.39, 0.29) is 11.9 Å². The Kier molecular flexibility index (Phi) is 4.90. The first-order chi connectivity index (χ1) is 10.6. The van der Waals surface area contributed by atoms with Gasteiger partial charge in [0, 0.05) is 15.8 Å². The summed E-state index contributed by atoms with van der Waals surface area (Å²) in [7, 11) is 0. The van der Waals surface area contributed by atoms with Crippen LogP contribution in [0.2, 0.25) is 0 Å². The second kappa shape index (κ2) is 6.89. The van der Waals surface area contributed by atoms with Crippen LogP contribution in [0.25, 0.3) is 0 Å². The number of rotatable bonds is 4. The van der Waals surface area contributed by atoms with Crippen LogP contribution in [-0.2, 0) is 11.2 Å². The van der Waals surface area contributed by atoms with Gasteiger partial charge < -0.3 is 10.6 Å². The average Bonchev–Trinajstić information content (AvgIpc) is 3.10. The standard InChI is InChI=1S/C16H18BrN3OS/c1-10-14(9-11-4-2-5-12(17)8-11)22-16(19-10)20-15(21)13-6-3-7-18-13/h2,4-5,8,13,18H,3,6-7,9H2,1H3,(H,19,20,21). The van der Waals surface area contributed by atoms with Crippen molar-refractivity contribution in [2.24, 2.45) is 0 Å². The number of nitrogens with zero attached hydrogens (tertiary/aromatic N) is 1. The van der Waals surface area contributed by atoms with Gasteiger partial charge in [0.2, 0.25) is 5.91 Å². The summed E-state index contributed by atoms with van der Waals surface area (Å²) in [6.45, 7) is 2.91. The molecule has 0 radical (unpaired) electrons. The molecule has 0 bridgehead atoms. The van der Waals surface area contributed by atoms with Crippen molar-refractivity contribution in [1.29, 1.82) is 0 Å². The maximum atomic E-state index is 12.1. The summed E-state index contributed by atoms with van der Waals surface area (Å²) in [6, 6.07) is 8.19. The van der Waals surface area contributed by atoms with Gasteiger partial charge >= 0.3 is 0 Å². The number of thiazole rings is 1. The van der Waals surface area contributed by atoms with Crippen LogP contribution < -0.4 is 10.6 Å². The van der Waals surface area contributed by atoms with E-state index < -0.39 is 0 Å². The number of halogens is 1. The maximum absolute atomic E-state index is 12.1. The second-order valence-corrected chi connectivity index (χ2v) is 7.47. The number of benzene rings is 1. The lowest BCUT2D eigenvalue weighted by Crippen LogP contribution is -2.35. The lowest BCUT2D eigenvalue weighted by molar-refractivity contribution is -0.117. The zero-order valence-corrected chi connectivity index (χ0v) is 14.8. The van der Waals surface area contributed by atoms with E-state index in [9.17, 15) is 4.79 Å². The molecule has 1 fully saturated rings. The summed E-state index contributed by atoms with van der Waals surface area (Å²) in [6.07, 6.45) is 2.80. The molecular formula is C16H18BrN3OS. The number of carbonyl (C=O) groups excluding carboxylic acids is 1. The molecule has 1 amide bonds. The van der Waals surface area contributed by atoms with Crippen LogP contribution in [0.3, 0.4) is 0 Å². The van der Waals surface area contributed by atoms with Gasteiger partial charge in [0.25, 0.3) is 0 Å². The Bertz CT molecular complexity index is 680. The van der Waals surface area contributed by atoms with E-state index in [1.807, 2.05) is 19.1 Å². The molecule has 1 atom stereocenters. The predicted molar refractivity (Wildman–Crippen MR) is 93.5 cm³/mol. The van der Waals surface area contributed by atoms with Crippen molar-refractivity contribution in [3.63, 3.8) is 0 Å². The van der Waals surface area contributed by atoms with Crippen LogP contribution in [0.5, 0.6) is 0 Å². The number of aromatic nitrogens is 1. The van der Waals surface area contributed by atoms with Gasteiger partial charge in [-0.05, 0) is 44.0 Å². The van der Waals surface area contributed by atoms with Crippen LogP contribution in [-0.4, -0.2) is 23.5 Å². The lowest BCUT2D eigenvalue weighted by Gasteiger charge is -2.08. The molecule has 2 heterocycles. The summed E-state index contributed by atoms with van der Waals surface area (Å²) in [4.78, 5) is 17.8. The van der Waals surface area contributed by atoms with Crippen molar-refractivity contribution in [3.05, 3.63) is 44.9 Å². The minimum atomic E-state index is -0.0715. The van der Waals surface area contributed by atoms with Crippen molar-refractivity contribution < 1.29 is 4.79 Å². The van der Waals surface area contributed by atoms with E-state index in [0.717, 1.165) is 36.0 Å². The molecule has 1 aliphatic rings. The third kappa shape index (κ3) is 3.74. The molecule has 3 rings (SSSR count). The maximum Gasteiger partial charge on any atom is 0.243 e. The van der Waals surface area contributed by atoms with E-state index in [1.54, 1.807) is 11.3 Å². The van der Waals surface area contributed by atoms with Gasteiger partial charge in [0.05, 0.1) is 11.7 Å². The van der Waals surface area contributed by atoms with E-state index in [1.165, 1.54) is 10.4 Å². The highest BCUT2D eigenvalue weighted by atomic mass is 79.9. The highest BCUT2D eigenvalue weighted by molar-refractivity contribution is 9.10. The monoisotopic (exact) mass is 379 g/mol. The molecular weight excluding hydrogens is 362 g/mol. The first-order valence-electron chi connectivity index (χ1n) is 7.37. The van der Waals surface area contributed by atoms with Crippen LogP contribution in [0.15, 0.2) is 28.7 Å². The Hall–Kier alpha value is -1.24. The molecule has 2 aromatic rings. The number of hydrogen-bond acceptors (Lipinski definition) is 4. The summed E-state index contributed by atoms with van der Waals surface area (Å²) in [5.41, 5.74) is 2.22. The molecule has 1 aromatic carbocycles. The van der Waals surface area contributed by atoms with Gasteiger partial charge in [-0.2, -0.15) is 0 Å². The molecule has 1 saturated heterocycles. The zero-order valence-electron chi connectivity index (χ0n) is 12.4. The van der Waals surface area contributed by atoms with Crippen LogP contribution >= 0.6 is 27.3 Å². The predicted octanol–water partition coefficient (Wildman–Crippen LogP) is 3.50. The summed E-state index contributed by atoms with van der Waals surface area (Å²) >= 11 is 5.05. The topological polar surface area (TPSA) is 54.0 Å². The minimum Gasteiger partial charge on any atom is -0.306 e. The fraction of sp³-hybridized carbons (Fsp3) is 0.375. The highest BCUT2D eigenvalue weighted by Gasteiger charge is 2.23. The van der Waals surface area contributed by atoms with E-state index in [2.05, 4.69) is 43.7 Å². The lowest BCUT2D eigenvalue weighted by atomic mass is 10.1. The van der Waals surface area contributed by atoms with E-state index >= 15 is 0 Å². The van der Waals surface area contributed by atoms with Crippen molar-refractivity contribution in [3.8, 4) is 0 Å². The van der Waals surface area contributed by atoms with Crippen molar-refractivity contribution in [2.45, 2.75) is 32.2 Å². The molecule has 0 saturated carbocycles. The van der Waals surface area contributed by atoms with Gasteiger partial charge in [-0.15, -0.1) is 11.3 Å². The molecule has 1 aromatic heterocycles. The Balaban J connectivity index is 1.69. The molecule has 6 heteroatoms. The Morgan fingerprint density at radius 2 is 2.41 bits per heavy atom. The van der Waals surface area contributed by atoms with Gasteiger partial charge in [0.15, 0.2) is 5.13 Å². The Labute approximate surface area is 142 Å². The fourth-order valence-corrected chi connectivity index (χ4v) is 4.03. The van der Waals surface area contributed by atoms with Crippen molar-refractivity contribution >= 4 is 38.3 Å². The number of aryl methyl sites for hydroxylation is 1. The first kappa shape index (κ1) is 15.6. The van der Waals surface area contributed by atoms with Gasteiger partial charge in [-0.3, -0.25) is 4.79 Å². The Morgan fingerprint density at radius 3 is 3.14 bits per heavy atom. The van der Waals surface area contributed by atoms with E-state index in [4.69, 9.17) is 0 Å². The summed E-state index contributed by atoms with van der Waals surface area (Å²) in [5, 5.41) is 6.84. The first-order valence-corrected chi connectivity index (χ1v) is 8.98. The normalized spacial score (nSPS) is 17.6. The van der Waals surface area contributed by atoms with Crippen LogP contribution in [0.4, 0.5) is 5.13 Å². The molecule has 0 aliphatic carbocycles. The van der Waals surface area contributed by atoms with Crippen LogP contribution in [0.1, 0.15) is 29.0 Å². The average molecular weight is 380 g/mol. The largest absolute Gasteiger partial charge is 0.306 e. The molecule has 116 valence electrons. The van der Waals surface area contributed by atoms with Crippen LogP contribution in [0, 0.1) is 6.92 Å². The number of anilines is 1. The zero-order chi connectivity index (χ0) is 15.5. The number of amides is 1. The molecule has 0 spiro atoms. The molecule has 22 heavy (non-hydrogen) atoms. The summed E-state index contributed by atoms with van der Waals surface area (Å²) < 4.78 is 1.08. The fourth-order valence-electron chi connectivity index (χ4n) is 2.58. The van der Waals surface area contributed by atoms with E-state index in [0.29, 0.717) is 5.13 Å². The molecule has 1 unspecified atom stereocenters. The third-order valence-electron chi connectivity index (χ3n) is 3.75. The third-order valence-corrected chi connectivity index (χ3v) is 5.32. The van der Waals surface area contributed by atoms with Gasteiger partial charge in [0.1, 0.15) is 0 Å². The van der Waals surface area contributed by atoms with Gasteiger partial charge in [-0.25, -0.2) is 4.98 Å². The number of carbonyl (C=O) groups is 1. The number of hydrogen-bond donors (Lipinski definition) is 2. The van der Waals surface area contributed by atoms with Crippen molar-refractivity contribution in [1.82, 2.24) is 10.3 Å². The second-order valence-electron chi connectivity index (χ2n) is 5.47. The quantitative estimate of drug-likeness (QED) is 0.854. The summed E-state index contributed by atoms with van der Waals surface area (Å²) in [5.74, 6) is 0.0280.